The summed E-state index contributed by atoms with van der Waals surface area (Å²) in [6.45, 7) is 0.965. The molecular weight excluding hydrogens is 276 g/mol. The molecule has 0 aliphatic carbocycles. The highest BCUT2D eigenvalue weighted by molar-refractivity contribution is 7.22. The van der Waals surface area contributed by atoms with E-state index in [-0.39, 0.29) is 17.7 Å². The molecule has 1 saturated heterocycles. The van der Waals surface area contributed by atoms with Crippen molar-refractivity contribution in [1.82, 2.24) is 9.88 Å². The Kier molecular flexibility index (Phi) is 3.06. The first-order valence-electron chi connectivity index (χ1n) is 6.29. The van der Waals surface area contributed by atoms with Crippen LogP contribution in [0.3, 0.4) is 0 Å². The molecule has 0 radical (unpaired) electrons. The summed E-state index contributed by atoms with van der Waals surface area (Å²) in [5, 5.41) is 0.486. The molecule has 0 saturated carbocycles. The zero-order chi connectivity index (χ0) is 14.3. The van der Waals surface area contributed by atoms with Gasteiger partial charge in [-0.2, -0.15) is 0 Å². The van der Waals surface area contributed by atoms with Crippen molar-refractivity contribution in [2.75, 3.05) is 18.8 Å². The molecule has 1 atom stereocenters. The number of carbonyl (C=O) groups is 2. The minimum atomic E-state index is -0.342. The maximum Gasteiger partial charge on any atom is 0.253 e. The highest BCUT2D eigenvalue weighted by Gasteiger charge is 2.30. The quantitative estimate of drug-likeness (QED) is 0.855. The topological polar surface area (TPSA) is 102 Å². The first-order valence-corrected chi connectivity index (χ1v) is 7.11. The van der Waals surface area contributed by atoms with E-state index in [0.717, 1.165) is 10.2 Å². The second-order valence-corrected chi connectivity index (χ2v) is 5.94. The summed E-state index contributed by atoms with van der Waals surface area (Å²) >= 11 is 1.35. The average Bonchev–Trinajstić information content (AvgIpc) is 3.02. The van der Waals surface area contributed by atoms with Gasteiger partial charge in [-0.15, -0.1) is 0 Å². The van der Waals surface area contributed by atoms with Crippen LogP contribution < -0.4 is 11.5 Å². The fourth-order valence-corrected chi connectivity index (χ4v) is 3.21. The van der Waals surface area contributed by atoms with E-state index in [2.05, 4.69) is 4.98 Å². The van der Waals surface area contributed by atoms with Crippen LogP contribution in [-0.4, -0.2) is 34.8 Å². The third-order valence-corrected chi connectivity index (χ3v) is 4.38. The zero-order valence-corrected chi connectivity index (χ0v) is 11.5. The summed E-state index contributed by atoms with van der Waals surface area (Å²) in [5.41, 5.74) is 12.3. The summed E-state index contributed by atoms with van der Waals surface area (Å²) < 4.78 is 0.888. The minimum Gasteiger partial charge on any atom is -0.375 e. The number of carbonyl (C=O) groups excluding carboxylic acids is 2. The van der Waals surface area contributed by atoms with Crippen LogP contribution in [0.5, 0.6) is 0 Å². The Morgan fingerprint density at radius 1 is 1.40 bits per heavy atom. The van der Waals surface area contributed by atoms with Crippen LogP contribution in [0.2, 0.25) is 0 Å². The molecule has 3 rings (SSSR count). The number of anilines is 1. The predicted molar refractivity (Wildman–Crippen MR) is 77.2 cm³/mol. The van der Waals surface area contributed by atoms with E-state index in [4.69, 9.17) is 11.5 Å². The summed E-state index contributed by atoms with van der Waals surface area (Å²) in [4.78, 5) is 29.4. The molecule has 6 nitrogen and oxygen atoms in total. The Bertz CT molecular complexity index is 697. The van der Waals surface area contributed by atoms with Crippen molar-refractivity contribution in [3.05, 3.63) is 23.8 Å². The van der Waals surface area contributed by atoms with Crippen LogP contribution in [0.25, 0.3) is 10.2 Å². The van der Waals surface area contributed by atoms with Gasteiger partial charge in [0.15, 0.2) is 5.13 Å². The van der Waals surface area contributed by atoms with Crippen molar-refractivity contribution in [3.8, 4) is 0 Å². The number of nitrogens with zero attached hydrogens (tertiary/aromatic N) is 2. The molecule has 1 aromatic heterocycles. The fraction of sp³-hybridized carbons (Fsp3) is 0.308. The van der Waals surface area contributed by atoms with Gasteiger partial charge < -0.3 is 16.4 Å². The lowest BCUT2D eigenvalue weighted by molar-refractivity contribution is -0.121. The van der Waals surface area contributed by atoms with Gasteiger partial charge in [0.1, 0.15) is 0 Å². The average molecular weight is 290 g/mol. The number of fused-ring (bicyclic) bond motifs is 1. The maximum absolute atomic E-state index is 12.4. The summed E-state index contributed by atoms with van der Waals surface area (Å²) in [6, 6.07) is 5.32. The normalized spacial score (nSPS) is 18.6. The van der Waals surface area contributed by atoms with E-state index in [9.17, 15) is 9.59 Å². The van der Waals surface area contributed by atoms with Crippen LogP contribution in [0, 0.1) is 5.92 Å². The number of amides is 2. The molecule has 1 aromatic carbocycles. The molecule has 104 valence electrons. The lowest BCUT2D eigenvalue weighted by atomic mass is 10.1. The molecular formula is C13H14N4O2S. The highest BCUT2D eigenvalue weighted by atomic mass is 32.1. The number of nitrogens with two attached hydrogens (primary N) is 2. The number of thiazole rings is 1. The SMILES string of the molecule is NC(=O)C1CCN(C(=O)c2ccc3nc(N)sc3c2)C1. The standard InChI is InChI=1S/C13H14N4O2S/c14-11(18)8-3-4-17(6-8)12(19)7-1-2-9-10(5-7)20-13(15)16-9/h1-2,5,8H,3-4,6H2,(H2,14,18)(H2,15,16). The number of rotatable bonds is 2. The second-order valence-electron chi connectivity index (χ2n) is 4.87. The van der Waals surface area contributed by atoms with E-state index in [1.54, 1.807) is 23.1 Å². The molecule has 1 fully saturated rings. The molecule has 7 heteroatoms. The third kappa shape index (κ3) is 2.20. The number of primary amides is 1. The number of hydrogen-bond donors (Lipinski definition) is 2. The minimum absolute atomic E-state index is 0.0809. The van der Waals surface area contributed by atoms with Crippen LogP contribution in [0.4, 0.5) is 5.13 Å². The van der Waals surface area contributed by atoms with E-state index < -0.39 is 0 Å². The monoisotopic (exact) mass is 290 g/mol. The van der Waals surface area contributed by atoms with Gasteiger partial charge in [0.2, 0.25) is 5.91 Å². The third-order valence-electron chi connectivity index (χ3n) is 3.53. The molecule has 2 aromatic rings. The van der Waals surface area contributed by atoms with E-state index in [0.29, 0.717) is 30.2 Å². The van der Waals surface area contributed by atoms with Crippen molar-refractivity contribution >= 4 is 38.5 Å². The summed E-state index contributed by atoms with van der Waals surface area (Å²) in [5.74, 6) is -0.657. The second kappa shape index (κ2) is 4.75. The summed E-state index contributed by atoms with van der Waals surface area (Å²) in [6.07, 6.45) is 0.636. The van der Waals surface area contributed by atoms with Crippen molar-refractivity contribution in [1.29, 1.82) is 0 Å². The molecule has 1 aliphatic rings. The highest BCUT2D eigenvalue weighted by Crippen LogP contribution is 2.26. The van der Waals surface area contributed by atoms with Gasteiger partial charge in [-0.25, -0.2) is 4.98 Å². The van der Waals surface area contributed by atoms with E-state index in [1.165, 1.54) is 11.3 Å². The van der Waals surface area contributed by atoms with Gasteiger partial charge in [0, 0.05) is 18.7 Å². The van der Waals surface area contributed by atoms with Crippen molar-refractivity contribution in [2.45, 2.75) is 6.42 Å². The largest absolute Gasteiger partial charge is 0.375 e. The lowest BCUT2D eigenvalue weighted by Gasteiger charge is -2.15. The van der Waals surface area contributed by atoms with Crippen LogP contribution in [0.15, 0.2) is 18.2 Å². The van der Waals surface area contributed by atoms with E-state index in [1.807, 2.05) is 0 Å². The molecule has 0 bridgehead atoms. The van der Waals surface area contributed by atoms with E-state index >= 15 is 0 Å². The fourth-order valence-electron chi connectivity index (χ4n) is 2.44. The molecule has 20 heavy (non-hydrogen) atoms. The van der Waals surface area contributed by atoms with Gasteiger partial charge in [-0.3, -0.25) is 9.59 Å². The first-order chi connectivity index (χ1) is 9.54. The van der Waals surface area contributed by atoms with Crippen LogP contribution in [-0.2, 0) is 4.79 Å². The number of likely N-dealkylation sites (tertiary alicyclic amines) is 1. The van der Waals surface area contributed by atoms with Crippen LogP contribution >= 0.6 is 11.3 Å². The number of hydrogen-bond acceptors (Lipinski definition) is 5. The molecule has 0 spiro atoms. The van der Waals surface area contributed by atoms with Gasteiger partial charge in [-0.1, -0.05) is 11.3 Å². The van der Waals surface area contributed by atoms with Gasteiger partial charge >= 0.3 is 0 Å². The first kappa shape index (κ1) is 12.9. The Labute approximate surface area is 119 Å². The van der Waals surface area contributed by atoms with Crippen LogP contribution in [0.1, 0.15) is 16.8 Å². The van der Waals surface area contributed by atoms with Crippen molar-refractivity contribution in [3.63, 3.8) is 0 Å². The lowest BCUT2D eigenvalue weighted by Crippen LogP contribution is -2.31. The van der Waals surface area contributed by atoms with Gasteiger partial charge in [0.25, 0.3) is 5.91 Å². The Morgan fingerprint density at radius 2 is 2.20 bits per heavy atom. The molecule has 2 amide bonds. The molecule has 2 heterocycles. The Hall–Kier alpha value is -2.15. The Balaban J connectivity index is 1.83. The van der Waals surface area contributed by atoms with Crippen molar-refractivity contribution < 1.29 is 9.59 Å². The molecule has 4 N–H and O–H groups in total. The predicted octanol–water partition coefficient (Wildman–Crippen LogP) is 0.826. The smallest absolute Gasteiger partial charge is 0.253 e. The van der Waals surface area contributed by atoms with Gasteiger partial charge in [-0.05, 0) is 24.6 Å². The number of benzene rings is 1. The van der Waals surface area contributed by atoms with Gasteiger partial charge in [0.05, 0.1) is 16.1 Å². The zero-order valence-electron chi connectivity index (χ0n) is 10.7. The molecule has 1 unspecified atom stereocenters. The number of nitrogen functional groups attached to an aromatic ring is 1. The summed E-state index contributed by atoms with van der Waals surface area (Å²) in [7, 11) is 0. The number of aromatic nitrogens is 1. The van der Waals surface area contributed by atoms with Crippen molar-refractivity contribution in [2.24, 2.45) is 11.7 Å². The maximum atomic E-state index is 12.4. The molecule has 1 aliphatic heterocycles. The Morgan fingerprint density at radius 3 is 2.90 bits per heavy atom.